The van der Waals surface area contributed by atoms with Crippen LogP contribution in [0, 0.1) is 0 Å². The number of hydrogen-bond acceptors (Lipinski definition) is 5. The van der Waals surface area contributed by atoms with Crippen molar-refractivity contribution in [1.82, 2.24) is 0 Å². The molecule has 0 fully saturated rings. The first-order valence-corrected chi connectivity index (χ1v) is 13.7. The quantitative estimate of drug-likeness (QED) is 0.0932. The van der Waals surface area contributed by atoms with Crippen LogP contribution in [0.1, 0.15) is 38.5 Å². The van der Waals surface area contributed by atoms with E-state index in [4.69, 9.17) is 14.2 Å². The average Bonchev–Trinajstić information content (AvgIpc) is 2.90. The molecule has 0 aromatic carbocycles. The first-order chi connectivity index (χ1) is 22.2. The lowest BCUT2D eigenvalue weighted by Crippen LogP contribution is -2.53. The van der Waals surface area contributed by atoms with Crippen LogP contribution < -0.4 is 0 Å². The second-order valence-electron chi connectivity index (χ2n) is 10.5. The van der Waals surface area contributed by atoms with Gasteiger partial charge in [-0.1, -0.05) is 0 Å². The van der Waals surface area contributed by atoms with E-state index in [1.165, 1.54) is 0 Å². The van der Waals surface area contributed by atoms with Gasteiger partial charge in [0.2, 0.25) is 0 Å². The molecule has 50 heavy (non-hydrogen) atoms. The van der Waals surface area contributed by atoms with E-state index in [-0.39, 0.29) is 0 Å². The van der Waals surface area contributed by atoms with Crippen LogP contribution in [0.2, 0.25) is 0 Å². The first-order valence-electron chi connectivity index (χ1n) is 13.7. The fraction of sp³-hybridized carbons (Fsp3) is 1.00. The zero-order valence-electron chi connectivity index (χ0n) is 24.9. The van der Waals surface area contributed by atoms with Crippen LogP contribution in [0.4, 0.5) is 92.2 Å². The first kappa shape index (κ1) is 48.3. The van der Waals surface area contributed by atoms with E-state index in [2.05, 4.69) is 4.74 Å². The monoisotopic (exact) mass is 796 g/mol. The van der Waals surface area contributed by atoms with Crippen LogP contribution in [0.3, 0.4) is 0 Å². The Kier molecular flexibility index (Phi) is 17.3. The molecule has 1 unspecified atom stereocenters. The predicted molar refractivity (Wildman–Crippen MR) is 124 cm³/mol. The summed E-state index contributed by atoms with van der Waals surface area (Å²) in [6.45, 7) is -6.78. The van der Waals surface area contributed by atoms with Gasteiger partial charge in [-0.3, -0.25) is 0 Å². The lowest BCUT2D eigenvalue weighted by atomic mass is 9.98. The van der Waals surface area contributed by atoms with Gasteiger partial charge in [0.05, 0.1) is 26.4 Å². The molecule has 0 aromatic heterocycles. The van der Waals surface area contributed by atoms with Gasteiger partial charge in [0.1, 0.15) is 12.2 Å². The lowest BCUT2D eigenvalue weighted by molar-refractivity contribution is -0.344. The number of halogens is 21. The van der Waals surface area contributed by atoms with Crippen LogP contribution >= 0.6 is 0 Å². The van der Waals surface area contributed by atoms with Crippen molar-refractivity contribution < 1.29 is 116 Å². The molecule has 1 atom stereocenters. The fourth-order valence-corrected chi connectivity index (χ4v) is 3.67. The number of ether oxygens (including phenoxy) is 4. The van der Waals surface area contributed by atoms with Crippen molar-refractivity contribution in [2.45, 2.75) is 105 Å². The molecule has 26 heteroatoms. The molecule has 0 rings (SSSR count). The third kappa shape index (κ3) is 13.4. The highest BCUT2D eigenvalue weighted by atomic mass is 19.4. The zero-order chi connectivity index (χ0) is 39.7. The van der Waals surface area contributed by atoms with Crippen LogP contribution in [-0.4, -0.2) is 118 Å². The smallest absolute Gasteiger partial charge is 0.388 e. The summed E-state index contributed by atoms with van der Waals surface area (Å²) in [4.78, 5) is 0. The molecule has 0 bridgehead atoms. The maximum Gasteiger partial charge on any atom is 0.431 e. The Morgan fingerprint density at radius 2 is 0.600 bits per heavy atom. The molecule has 0 radical (unpaired) electrons. The molecular formula is C24H29F21O5. The van der Waals surface area contributed by atoms with E-state index < -0.39 is 151 Å². The normalized spacial score (nSPS) is 15.7. The summed E-state index contributed by atoms with van der Waals surface area (Å²) in [5, 5.41) is 9.84. The van der Waals surface area contributed by atoms with Crippen molar-refractivity contribution in [2.24, 2.45) is 0 Å². The molecule has 302 valence electrons. The third-order valence-electron chi connectivity index (χ3n) is 6.57. The number of alkyl halides is 21. The van der Waals surface area contributed by atoms with E-state index in [0.29, 0.717) is 0 Å². The van der Waals surface area contributed by atoms with Gasteiger partial charge in [0.25, 0.3) is 17.0 Å². The second kappa shape index (κ2) is 17.9. The Hall–Kier alpha value is -1.67. The molecule has 0 saturated carbocycles. The zero-order valence-corrected chi connectivity index (χ0v) is 24.9. The topological polar surface area (TPSA) is 57.2 Å². The van der Waals surface area contributed by atoms with Crippen molar-refractivity contribution >= 4 is 0 Å². The van der Waals surface area contributed by atoms with Crippen molar-refractivity contribution in [3.63, 3.8) is 0 Å². The van der Waals surface area contributed by atoms with E-state index in [9.17, 15) is 97.3 Å². The summed E-state index contributed by atoms with van der Waals surface area (Å²) < 4.78 is 287. The second-order valence-corrected chi connectivity index (χ2v) is 10.5. The highest BCUT2D eigenvalue weighted by Crippen LogP contribution is 2.51. The number of hydrogen-bond donors (Lipinski definition) is 1. The standard InChI is InChI=1S/C24H29F21O5/c25-16(19(28,29)30,20(31,32)33)4-1-7-47-10-14(46)11-50-15(12-48-8-2-5-17(26,21(34,35)36)22(37,38)39)13-49-9-3-6-18(27,23(40,41)42)24(43,44)45/h14-15,46H,1-13H2. The molecule has 0 amide bonds. The Balaban J connectivity index is 5.20. The minimum absolute atomic E-state index is 0.920. The van der Waals surface area contributed by atoms with Gasteiger partial charge in [0.15, 0.2) is 0 Å². The minimum atomic E-state index is -6.38. The summed E-state index contributed by atoms with van der Waals surface area (Å²) in [6, 6.07) is 0. The molecule has 0 saturated heterocycles. The summed E-state index contributed by atoms with van der Waals surface area (Å²) in [5.41, 5.74) is -16.9. The highest BCUT2D eigenvalue weighted by molar-refractivity contribution is 4.96. The summed E-state index contributed by atoms with van der Waals surface area (Å²) >= 11 is 0. The van der Waals surface area contributed by atoms with Crippen LogP contribution in [0.25, 0.3) is 0 Å². The van der Waals surface area contributed by atoms with Crippen LogP contribution in [-0.2, 0) is 18.9 Å². The molecule has 0 spiro atoms. The summed E-state index contributed by atoms with van der Waals surface area (Å²) in [7, 11) is 0. The predicted octanol–water partition coefficient (Wildman–Crippen LogP) is 8.62. The van der Waals surface area contributed by atoms with Crippen LogP contribution in [0.5, 0.6) is 0 Å². The maximum atomic E-state index is 13.7. The molecule has 0 aliphatic heterocycles. The summed E-state index contributed by atoms with van der Waals surface area (Å²) in [5.74, 6) is 0. The third-order valence-corrected chi connectivity index (χ3v) is 6.57. The van der Waals surface area contributed by atoms with Gasteiger partial charge >= 0.3 is 37.1 Å². The lowest BCUT2D eigenvalue weighted by Gasteiger charge is -2.30. The van der Waals surface area contributed by atoms with Crippen molar-refractivity contribution in [1.29, 1.82) is 0 Å². The SMILES string of the molecule is OC(COCCCC(F)(C(F)(F)F)C(F)(F)F)COC(COCCCC(F)(C(F)(F)F)C(F)(F)F)COCCCC(F)(C(F)(F)F)C(F)(F)F. The van der Waals surface area contributed by atoms with E-state index >= 15 is 0 Å². The molecule has 0 aliphatic rings. The summed E-state index contributed by atoms with van der Waals surface area (Å²) in [6.07, 6.45) is -51.8. The maximum absolute atomic E-state index is 13.7. The molecule has 0 heterocycles. The molecular weight excluding hydrogens is 767 g/mol. The van der Waals surface area contributed by atoms with E-state index in [1.54, 1.807) is 0 Å². The number of aliphatic hydroxyl groups excluding tert-OH is 1. The van der Waals surface area contributed by atoms with E-state index in [1.807, 2.05) is 0 Å². The average molecular weight is 796 g/mol. The highest BCUT2D eigenvalue weighted by Gasteiger charge is 2.73. The fourth-order valence-electron chi connectivity index (χ4n) is 3.67. The molecule has 1 N–H and O–H groups in total. The molecule has 0 aliphatic carbocycles. The van der Waals surface area contributed by atoms with Gasteiger partial charge in [-0.05, 0) is 19.3 Å². The van der Waals surface area contributed by atoms with Gasteiger partial charge < -0.3 is 24.1 Å². The van der Waals surface area contributed by atoms with Crippen molar-refractivity contribution in [3.8, 4) is 0 Å². The van der Waals surface area contributed by atoms with E-state index in [0.717, 1.165) is 0 Å². The van der Waals surface area contributed by atoms with Gasteiger partial charge in [0, 0.05) is 39.1 Å². The van der Waals surface area contributed by atoms with Crippen LogP contribution in [0.15, 0.2) is 0 Å². The van der Waals surface area contributed by atoms with Crippen molar-refractivity contribution in [2.75, 3.05) is 46.2 Å². The Morgan fingerprint density at radius 3 is 0.840 bits per heavy atom. The number of aliphatic hydroxyl groups is 1. The largest absolute Gasteiger partial charge is 0.431 e. The molecule has 5 nitrogen and oxygen atoms in total. The van der Waals surface area contributed by atoms with Gasteiger partial charge in [-0.15, -0.1) is 0 Å². The van der Waals surface area contributed by atoms with Crippen molar-refractivity contribution in [3.05, 3.63) is 0 Å². The minimum Gasteiger partial charge on any atom is -0.388 e. The Labute approximate surface area is 268 Å². The Morgan fingerprint density at radius 1 is 0.360 bits per heavy atom. The van der Waals surface area contributed by atoms with Gasteiger partial charge in [-0.25, -0.2) is 13.2 Å². The number of rotatable bonds is 21. The van der Waals surface area contributed by atoms with Gasteiger partial charge in [-0.2, -0.15) is 79.0 Å². The Bertz CT molecular complexity index is 880. The molecule has 0 aromatic rings.